The Kier molecular flexibility index (Phi) is 6.21. The molecule has 0 fully saturated rings. The summed E-state index contributed by atoms with van der Waals surface area (Å²) in [4.78, 5) is 13.5. The number of phenolic OH excluding ortho intramolecular Hbond substituents is 1. The number of aromatic hydroxyl groups is 1. The van der Waals surface area contributed by atoms with Crippen molar-refractivity contribution >= 4 is 11.9 Å². The lowest BCUT2D eigenvalue weighted by Crippen LogP contribution is -3.10. The number of nitrogens with zero attached hydrogens (tertiary/aromatic N) is 2. The van der Waals surface area contributed by atoms with Crippen LogP contribution >= 0.6 is 0 Å². The number of benzene rings is 2. The van der Waals surface area contributed by atoms with Crippen molar-refractivity contribution < 1.29 is 29.0 Å². The molecule has 0 saturated heterocycles. The molecule has 0 spiro atoms. The van der Waals surface area contributed by atoms with Crippen LogP contribution in [0.5, 0.6) is 23.0 Å². The van der Waals surface area contributed by atoms with Crippen LogP contribution in [0.3, 0.4) is 0 Å². The van der Waals surface area contributed by atoms with E-state index < -0.39 is 0 Å². The molecular weight excluding hydrogens is 386 g/mol. The van der Waals surface area contributed by atoms with Crippen molar-refractivity contribution in [2.24, 2.45) is 0 Å². The number of hydrogen-bond acceptors (Lipinski definition) is 7. The molecule has 3 rings (SSSR count). The number of nitrogens with one attached hydrogen (secondary N) is 1. The monoisotopic (exact) mass is 406 g/mol. The number of carbonyl (C=O) groups is 1. The molecule has 1 aliphatic heterocycles. The molecule has 2 aromatic rings. The maximum atomic E-state index is 12.9. The van der Waals surface area contributed by atoms with Crippen molar-refractivity contribution in [3.63, 3.8) is 0 Å². The average molecular weight is 406 g/mol. The van der Waals surface area contributed by atoms with Crippen LogP contribution in [0.2, 0.25) is 0 Å². The van der Waals surface area contributed by atoms with Gasteiger partial charge in [-0.15, -0.1) is 0 Å². The summed E-state index contributed by atoms with van der Waals surface area (Å²) in [5, 5.41) is 28.3. The highest BCUT2D eigenvalue weighted by atomic mass is 16.5. The van der Waals surface area contributed by atoms with Gasteiger partial charge < -0.3 is 24.2 Å². The zero-order valence-corrected chi connectivity index (χ0v) is 16.6. The van der Waals surface area contributed by atoms with Crippen molar-refractivity contribution in [1.29, 1.82) is 10.5 Å². The number of allylic oxidation sites excluding steroid dienone is 1. The molecule has 2 N–H and O–H groups in total. The number of phenols is 1. The first-order valence-corrected chi connectivity index (χ1v) is 9.11. The Morgan fingerprint density at radius 3 is 2.50 bits per heavy atom. The fraction of sp³-hybridized carbons (Fsp3) is 0.227. The SMILES string of the molecule is COc1cccc(/C=C2/Oc3c(ccc(O)c3C[NH+](CC#N)CC#N)C2=O)c1OC. The molecule has 0 aliphatic carbocycles. The molecule has 8 heteroatoms. The minimum atomic E-state index is -0.335. The molecule has 1 heterocycles. The molecule has 0 bridgehead atoms. The van der Waals surface area contributed by atoms with Crippen molar-refractivity contribution in [2.75, 3.05) is 27.3 Å². The van der Waals surface area contributed by atoms with E-state index in [2.05, 4.69) is 0 Å². The highest BCUT2D eigenvalue weighted by Crippen LogP contribution is 2.40. The summed E-state index contributed by atoms with van der Waals surface area (Å²) < 4.78 is 16.5. The van der Waals surface area contributed by atoms with Crippen LogP contribution in [0, 0.1) is 22.7 Å². The minimum Gasteiger partial charge on any atom is -0.507 e. The van der Waals surface area contributed by atoms with Crippen molar-refractivity contribution in [2.45, 2.75) is 6.54 Å². The van der Waals surface area contributed by atoms with Gasteiger partial charge in [-0.25, -0.2) is 0 Å². The molecule has 0 aromatic heterocycles. The molecular formula is C22H20N3O5+. The number of para-hydroxylation sites is 1. The second kappa shape index (κ2) is 8.99. The second-order valence-corrected chi connectivity index (χ2v) is 6.56. The maximum absolute atomic E-state index is 12.9. The lowest BCUT2D eigenvalue weighted by atomic mass is 10.0. The smallest absolute Gasteiger partial charge is 0.231 e. The van der Waals surface area contributed by atoms with Crippen LogP contribution in [-0.2, 0) is 6.54 Å². The minimum absolute atomic E-state index is 0.0601. The Bertz CT molecular complexity index is 1080. The average Bonchev–Trinajstić information content (AvgIpc) is 3.05. The third kappa shape index (κ3) is 3.90. The molecule has 0 atom stereocenters. The first-order chi connectivity index (χ1) is 14.5. The van der Waals surface area contributed by atoms with Crippen LogP contribution in [0.1, 0.15) is 21.5 Å². The quantitative estimate of drug-likeness (QED) is 0.528. The van der Waals surface area contributed by atoms with Crippen LogP contribution in [-0.4, -0.2) is 38.2 Å². The molecule has 8 nitrogen and oxygen atoms in total. The van der Waals surface area contributed by atoms with Crippen LogP contribution in [0.4, 0.5) is 0 Å². The van der Waals surface area contributed by atoms with E-state index in [1.165, 1.54) is 26.4 Å². The zero-order valence-electron chi connectivity index (χ0n) is 16.6. The summed E-state index contributed by atoms with van der Waals surface area (Å²) in [5.41, 5.74) is 1.28. The Morgan fingerprint density at radius 2 is 1.87 bits per heavy atom. The van der Waals surface area contributed by atoms with E-state index in [1.807, 2.05) is 12.1 Å². The topological polar surface area (TPSA) is 117 Å². The third-order valence-corrected chi connectivity index (χ3v) is 4.72. The number of Topliss-reactive ketones (excluding diaryl/α,β-unsaturated/α-hetero) is 1. The van der Waals surface area contributed by atoms with Gasteiger partial charge in [-0.1, -0.05) is 12.1 Å². The number of rotatable bonds is 7. The normalized spacial score (nSPS) is 13.5. The van der Waals surface area contributed by atoms with Crippen molar-refractivity contribution in [3.05, 3.63) is 52.8 Å². The fourth-order valence-corrected chi connectivity index (χ4v) is 3.30. The van der Waals surface area contributed by atoms with Gasteiger partial charge in [0.1, 0.15) is 24.4 Å². The van der Waals surface area contributed by atoms with Gasteiger partial charge >= 0.3 is 0 Å². The van der Waals surface area contributed by atoms with E-state index in [9.17, 15) is 9.90 Å². The predicted octanol–water partition coefficient (Wildman–Crippen LogP) is 1.46. The van der Waals surface area contributed by atoms with Gasteiger partial charge in [0.25, 0.3) is 0 Å². The summed E-state index contributed by atoms with van der Waals surface area (Å²) in [6, 6.07) is 12.2. The number of nitriles is 2. The number of ketones is 1. The summed E-state index contributed by atoms with van der Waals surface area (Å²) in [5.74, 6) is 0.891. The molecule has 0 amide bonds. The van der Waals surface area contributed by atoms with Gasteiger partial charge in [-0.3, -0.25) is 4.79 Å². The Balaban J connectivity index is 2.00. The zero-order chi connectivity index (χ0) is 21.7. The van der Waals surface area contributed by atoms with Crippen LogP contribution in [0.25, 0.3) is 6.08 Å². The van der Waals surface area contributed by atoms with Gasteiger partial charge in [-0.05, 0) is 24.3 Å². The number of carbonyl (C=O) groups excluding carboxylic acids is 1. The largest absolute Gasteiger partial charge is 0.507 e. The number of quaternary nitrogens is 1. The van der Waals surface area contributed by atoms with Gasteiger partial charge in [0.15, 0.2) is 36.1 Å². The van der Waals surface area contributed by atoms with Crippen molar-refractivity contribution in [3.8, 4) is 35.1 Å². The van der Waals surface area contributed by atoms with E-state index in [1.54, 1.807) is 24.3 Å². The summed E-state index contributed by atoms with van der Waals surface area (Å²) in [6.07, 6.45) is 1.56. The molecule has 1 aliphatic rings. The van der Waals surface area contributed by atoms with Crippen LogP contribution < -0.4 is 19.1 Å². The Morgan fingerprint density at radius 1 is 1.13 bits per heavy atom. The van der Waals surface area contributed by atoms with Crippen LogP contribution in [0.15, 0.2) is 36.1 Å². The first-order valence-electron chi connectivity index (χ1n) is 9.11. The lowest BCUT2D eigenvalue weighted by molar-refractivity contribution is -0.899. The van der Waals surface area contributed by atoms with Crippen molar-refractivity contribution in [1.82, 2.24) is 0 Å². The lowest BCUT2D eigenvalue weighted by Gasteiger charge is -2.15. The molecule has 152 valence electrons. The predicted molar refractivity (Wildman–Crippen MR) is 106 cm³/mol. The Labute approximate surface area is 173 Å². The Hall–Kier alpha value is -4.01. The molecule has 30 heavy (non-hydrogen) atoms. The highest BCUT2D eigenvalue weighted by molar-refractivity contribution is 6.15. The molecule has 0 unspecified atom stereocenters. The van der Waals surface area contributed by atoms with E-state index in [-0.39, 0.29) is 42.7 Å². The molecule has 0 radical (unpaired) electrons. The fourth-order valence-electron chi connectivity index (χ4n) is 3.30. The number of methoxy groups -OCH3 is 2. The first kappa shape index (κ1) is 20.7. The molecule has 0 saturated carbocycles. The third-order valence-electron chi connectivity index (χ3n) is 4.72. The summed E-state index contributed by atoms with van der Waals surface area (Å²) in [7, 11) is 3.03. The highest BCUT2D eigenvalue weighted by Gasteiger charge is 2.33. The van der Waals surface area contributed by atoms with Gasteiger partial charge in [-0.2, -0.15) is 10.5 Å². The van der Waals surface area contributed by atoms with Gasteiger partial charge in [0.2, 0.25) is 5.78 Å². The van der Waals surface area contributed by atoms with E-state index in [0.717, 1.165) is 0 Å². The van der Waals surface area contributed by atoms with Gasteiger partial charge in [0, 0.05) is 5.56 Å². The number of fused-ring (bicyclic) bond motifs is 1. The second-order valence-electron chi connectivity index (χ2n) is 6.56. The standard InChI is InChI=1S/C22H19N3O5/c1-28-18-5-3-4-14(21(18)29-2)12-19-20(27)15-6-7-17(26)16(22(15)30-19)13-25(10-8-23)11-9-24/h3-7,12,26H,10-11,13H2,1-2H3/p+1/b19-12+. The van der Waals surface area contributed by atoms with E-state index in [4.69, 9.17) is 24.7 Å². The molecule has 2 aromatic carbocycles. The van der Waals surface area contributed by atoms with E-state index >= 15 is 0 Å². The number of hydrogen-bond donors (Lipinski definition) is 2. The summed E-state index contributed by atoms with van der Waals surface area (Å²) in [6.45, 7) is 0.321. The van der Waals surface area contributed by atoms with Gasteiger partial charge in [0.05, 0.1) is 25.3 Å². The maximum Gasteiger partial charge on any atom is 0.231 e. The summed E-state index contributed by atoms with van der Waals surface area (Å²) >= 11 is 0. The van der Waals surface area contributed by atoms with E-state index in [0.29, 0.717) is 33.1 Å². The number of ether oxygens (including phenoxy) is 3.